The van der Waals surface area contributed by atoms with Crippen molar-refractivity contribution in [2.45, 2.75) is 42.8 Å². The average molecular weight is 367 g/mol. The molecule has 0 aliphatic carbocycles. The molecule has 6 nitrogen and oxygen atoms in total. The van der Waals surface area contributed by atoms with Crippen LogP contribution in [0.1, 0.15) is 19.8 Å². The zero-order chi connectivity index (χ0) is 17.1. The number of hydrogen-bond donors (Lipinski definition) is 1. The van der Waals surface area contributed by atoms with Crippen LogP contribution in [0.15, 0.2) is 29.4 Å². The molecule has 1 saturated heterocycles. The van der Waals surface area contributed by atoms with Gasteiger partial charge in [-0.3, -0.25) is 9.36 Å². The molecule has 8 heteroatoms. The second-order valence-corrected chi connectivity index (χ2v) is 7.47. The van der Waals surface area contributed by atoms with Crippen LogP contribution in [-0.4, -0.2) is 38.6 Å². The third-order valence-corrected chi connectivity index (χ3v) is 5.26. The third kappa shape index (κ3) is 3.91. The van der Waals surface area contributed by atoms with Gasteiger partial charge >= 0.3 is 0 Å². The summed E-state index contributed by atoms with van der Waals surface area (Å²) < 4.78 is 7.75. The summed E-state index contributed by atoms with van der Waals surface area (Å²) in [5, 5.41) is 9.53. The molecule has 2 atom stereocenters. The molecule has 128 valence electrons. The molecule has 1 aliphatic rings. The normalized spacial score (nSPS) is 18.7. The van der Waals surface area contributed by atoms with E-state index in [1.165, 1.54) is 11.8 Å². The number of nitrogens with zero attached hydrogens (tertiary/aromatic N) is 3. The smallest absolute Gasteiger partial charge is 0.230 e. The van der Waals surface area contributed by atoms with Gasteiger partial charge in [-0.05, 0) is 44.0 Å². The second-order valence-electron chi connectivity index (χ2n) is 5.72. The molecule has 2 heterocycles. The van der Waals surface area contributed by atoms with Crippen molar-refractivity contribution in [1.29, 1.82) is 0 Å². The number of carbonyl (C=O) groups is 1. The fourth-order valence-corrected chi connectivity index (χ4v) is 3.50. The van der Waals surface area contributed by atoms with Crippen LogP contribution in [0, 0.1) is 0 Å². The number of halogens is 1. The van der Waals surface area contributed by atoms with Crippen LogP contribution in [0.5, 0.6) is 0 Å². The molecule has 1 aromatic carbocycles. The van der Waals surface area contributed by atoms with Crippen LogP contribution in [0.3, 0.4) is 0 Å². The Balaban J connectivity index is 1.93. The van der Waals surface area contributed by atoms with Gasteiger partial charge in [0, 0.05) is 17.2 Å². The van der Waals surface area contributed by atoms with E-state index in [1.54, 1.807) is 6.92 Å². The number of amides is 1. The summed E-state index contributed by atoms with van der Waals surface area (Å²) in [4.78, 5) is 11.4. The van der Waals surface area contributed by atoms with Crippen molar-refractivity contribution in [1.82, 2.24) is 14.8 Å². The van der Waals surface area contributed by atoms with E-state index >= 15 is 0 Å². The van der Waals surface area contributed by atoms with Gasteiger partial charge in [-0.25, -0.2) is 0 Å². The lowest BCUT2D eigenvalue weighted by molar-refractivity contribution is -0.117. The predicted molar refractivity (Wildman–Crippen MR) is 94.0 cm³/mol. The number of primary amides is 1. The van der Waals surface area contributed by atoms with Crippen molar-refractivity contribution in [3.05, 3.63) is 29.3 Å². The lowest BCUT2D eigenvalue weighted by atomic mass is 10.2. The van der Waals surface area contributed by atoms with Crippen molar-refractivity contribution in [2.24, 2.45) is 5.73 Å². The van der Waals surface area contributed by atoms with E-state index in [2.05, 4.69) is 10.2 Å². The first-order chi connectivity index (χ1) is 11.5. The first-order valence-electron chi connectivity index (χ1n) is 7.81. The van der Waals surface area contributed by atoms with Crippen molar-refractivity contribution in [2.75, 3.05) is 6.61 Å². The van der Waals surface area contributed by atoms with Gasteiger partial charge in [-0.1, -0.05) is 23.4 Å². The first kappa shape index (κ1) is 17.3. The number of ether oxygens (including phenoxy) is 1. The van der Waals surface area contributed by atoms with Crippen LogP contribution >= 0.6 is 23.4 Å². The highest BCUT2D eigenvalue weighted by Gasteiger charge is 2.23. The number of nitrogens with two attached hydrogens (primary N) is 1. The highest BCUT2D eigenvalue weighted by Crippen LogP contribution is 2.29. The highest BCUT2D eigenvalue weighted by atomic mass is 35.5. The van der Waals surface area contributed by atoms with Crippen LogP contribution in [0.25, 0.3) is 11.4 Å². The number of thioether (sulfide) groups is 1. The largest absolute Gasteiger partial charge is 0.376 e. The molecule has 0 saturated carbocycles. The minimum absolute atomic E-state index is 0.135. The van der Waals surface area contributed by atoms with Gasteiger partial charge in [0.1, 0.15) is 0 Å². The van der Waals surface area contributed by atoms with E-state index < -0.39 is 0 Å². The fraction of sp³-hybridized carbons (Fsp3) is 0.438. The molecule has 1 fully saturated rings. The minimum Gasteiger partial charge on any atom is -0.376 e. The molecule has 24 heavy (non-hydrogen) atoms. The monoisotopic (exact) mass is 366 g/mol. The number of benzene rings is 1. The van der Waals surface area contributed by atoms with Gasteiger partial charge < -0.3 is 10.5 Å². The summed E-state index contributed by atoms with van der Waals surface area (Å²) in [6, 6.07) is 7.45. The average Bonchev–Trinajstić information content (AvgIpc) is 3.19. The third-order valence-electron chi connectivity index (χ3n) is 3.91. The lowest BCUT2D eigenvalue weighted by Gasteiger charge is -2.15. The van der Waals surface area contributed by atoms with Crippen molar-refractivity contribution in [3.8, 4) is 11.4 Å². The molecule has 1 amide bonds. The molecule has 2 aromatic rings. The van der Waals surface area contributed by atoms with E-state index in [4.69, 9.17) is 22.1 Å². The van der Waals surface area contributed by atoms with Gasteiger partial charge in [0.2, 0.25) is 5.91 Å². The Kier molecular flexibility index (Phi) is 5.43. The first-order valence-corrected chi connectivity index (χ1v) is 9.07. The molecule has 0 radical (unpaired) electrons. The Morgan fingerprint density at radius 2 is 2.21 bits per heavy atom. The van der Waals surface area contributed by atoms with E-state index in [0.29, 0.717) is 16.7 Å². The molecule has 0 bridgehead atoms. The summed E-state index contributed by atoms with van der Waals surface area (Å²) in [5.41, 5.74) is 6.30. The van der Waals surface area contributed by atoms with Crippen molar-refractivity contribution < 1.29 is 9.53 Å². The molecule has 1 aromatic heterocycles. The van der Waals surface area contributed by atoms with Crippen LogP contribution in [0.4, 0.5) is 0 Å². The standard InChI is InChI=1S/C16H19ClN4O2S/c1-10(14(18)22)24-16-20-19-15(11-4-6-12(17)7-5-11)21(16)9-13-3-2-8-23-13/h4-7,10,13H,2-3,8-9H2,1H3,(H2,18,22)/t10-,13-/m0/s1. The highest BCUT2D eigenvalue weighted by molar-refractivity contribution is 8.00. The molecule has 0 spiro atoms. The topological polar surface area (TPSA) is 83.0 Å². The van der Waals surface area contributed by atoms with Gasteiger partial charge in [0.15, 0.2) is 11.0 Å². The van der Waals surface area contributed by atoms with Crippen molar-refractivity contribution >= 4 is 29.3 Å². The SMILES string of the molecule is C[C@H](Sc1nnc(-c2ccc(Cl)cc2)n1C[C@@H]1CCCO1)C(N)=O. The maximum Gasteiger partial charge on any atom is 0.230 e. The Morgan fingerprint density at radius 1 is 1.46 bits per heavy atom. The number of aromatic nitrogens is 3. The van der Waals surface area contributed by atoms with Gasteiger partial charge in [-0.15, -0.1) is 10.2 Å². The van der Waals surface area contributed by atoms with Gasteiger partial charge in [0.25, 0.3) is 0 Å². The van der Waals surface area contributed by atoms with Crippen LogP contribution < -0.4 is 5.73 Å². The van der Waals surface area contributed by atoms with E-state index in [0.717, 1.165) is 30.8 Å². The number of carbonyl (C=O) groups excluding carboxylic acids is 1. The maximum atomic E-state index is 11.4. The summed E-state index contributed by atoms with van der Waals surface area (Å²) >= 11 is 7.28. The minimum atomic E-state index is -0.379. The molecule has 0 unspecified atom stereocenters. The summed E-state index contributed by atoms with van der Waals surface area (Å²) in [6.07, 6.45) is 2.20. The summed E-state index contributed by atoms with van der Waals surface area (Å²) in [7, 11) is 0. The Morgan fingerprint density at radius 3 is 2.83 bits per heavy atom. The Hall–Kier alpha value is -1.57. The predicted octanol–water partition coefficient (Wildman–Crippen LogP) is 2.74. The van der Waals surface area contributed by atoms with E-state index in [-0.39, 0.29) is 17.3 Å². The van der Waals surface area contributed by atoms with Gasteiger partial charge in [-0.2, -0.15) is 0 Å². The Bertz CT molecular complexity index is 713. The quantitative estimate of drug-likeness (QED) is 0.795. The molecular formula is C16H19ClN4O2S. The molecule has 2 N–H and O–H groups in total. The maximum absolute atomic E-state index is 11.4. The van der Waals surface area contributed by atoms with Crippen LogP contribution in [-0.2, 0) is 16.1 Å². The van der Waals surface area contributed by atoms with E-state index in [9.17, 15) is 4.79 Å². The molecular weight excluding hydrogens is 348 g/mol. The van der Waals surface area contributed by atoms with Crippen molar-refractivity contribution in [3.63, 3.8) is 0 Å². The van der Waals surface area contributed by atoms with Crippen LogP contribution in [0.2, 0.25) is 5.02 Å². The van der Waals surface area contributed by atoms with Gasteiger partial charge in [0.05, 0.1) is 17.9 Å². The summed E-state index contributed by atoms with van der Waals surface area (Å²) in [5.74, 6) is 0.362. The zero-order valence-corrected chi connectivity index (χ0v) is 14.9. The number of rotatable bonds is 6. The molecule has 1 aliphatic heterocycles. The molecule has 3 rings (SSSR count). The fourth-order valence-electron chi connectivity index (χ4n) is 2.56. The zero-order valence-electron chi connectivity index (χ0n) is 13.3. The van der Waals surface area contributed by atoms with E-state index in [1.807, 2.05) is 28.8 Å². The second kappa shape index (κ2) is 7.55. The Labute approximate surface area is 149 Å². The number of hydrogen-bond acceptors (Lipinski definition) is 5. The summed E-state index contributed by atoms with van der Waals surface area (Å²) in [6.45, 7) is 3.20. The lowest BCUT2D eigenvalue weighted by Crippen LogP contribution is -2.23.